The van der Waals surface area contributed by atoms with Gasteiger partial charge in [0.15, 0.2) is 0 Å². The summed E-state index contributed by atoms with van der Waals surface area (Å²) >= 11 is 1.67. The Bertz CT molecular complexity index is 330. The van der Waals surface area contributed by atoms with Crippen LogP contribution in [-0.2, 0) is 0 Å². The zero-order valence-electron chi connectivity index (χ0n) is 10.2. The summed E-state index contributed by atoms with van der Waals surface area (Å²) in [5.74, 6) is 0.00348. The Kier molecular flexibility index (Phi) is 8.94. The molecule has 1 amide bonds. The number of halogens is 1. The largest absolute Gasteiger partial charge is 0.352 e. The van der Waals surface area contributed by atoms with Crippen molar-refractivity contribution in [3.05, 3.63) is 29.8 Å². The topological polar surface area (TPSA) is 41.1 Å². The Morgan fingerprint density at radius 2 is 1.88 bits per heavy atom. The Balaban J connectivity index is 0.00000256. The number of rotatable bonds is 6. The highest BCUT2D eigenvalue weighted by molar-refractivity contribution is 7.98. The van der Waals surface area contributed by atoms with Crippen LogP contribution in [0.1, 0.15) is 16.8 Å². The van der Waals surface area contributed by atoms with Gasteiger partial charge in [0.1, 0.15) is 0 Å². The van der Waals surface area contributed by atoms with Gasteiger partial charge < -0.3 is 10.6 Å². The summed E-state index contributed by atoms with van der Waals surface area (Å²) in [4.78, 5) is 12.8. The van der Waals surface area contributed by atoms with Gasteiger partial charge >= 0.3 is 0 Å². The molecule has 0 aliphatic carbocycles. The molecule has 0 saturated carbocycles. The molecule has 0 saturated heterocycles. The molecule has 0 aliphatic heterocycles. The van der Waals surface area contributed by atoms with Crippen LogP contribution in [0, 0.1) is 0 Å². The van der Waals surface area contributed by atoms with Gasteiger partial charge in [-0.1, -0.05) is 0 Å². The first-order valence-corrected chi connectivity index (χ1v) is 6.57. The average Bonchev–Trinajstić information content (AvgIpc) is 2.34. The van der Waals surface area contributed by atoms with Crippen LogP contribution in [0.3, 0.4) is 0 Å². The molecule has 96 valence electrons. The quantitative estimate of drug-likeness (QED) is 0.617. The molecule has 0 bridgehead atoms. The van der Waals surface area contributed by atoms with E-state index in [0.29, 0.717) is 6.54 Å². The summed E-state index contributed by atoms with van der Waals surface area (Å²) in [6.45, 7) is 1.63. The van der Waals surface area contributed by atoms with Crippen molar-refractivity contribution < 1.29 is 4.79 Å². The maximum Gasteiger partial charge on any atom is 0.251 e. The van der Waals surface area contributed by atoms with Gasteiger partial charge in [0, 0.05) is 17.0 Å². The Morgan fingerprint density at radius 3 is 2.41 bits per heavy atom. The second kappa shape index (κ2) is 9.33. The first kappa shape index (κ1) is 16.3. The van der Waals surface area contributed by atoms with Crippen molar-refractivity contribution in [3.63, 3.8) is 0 Å². The number of hydrogen-bond acceptors (Lipinski definition) is 3. The third-order valence-electron chi connectivity index (χ3n) is 2.24. The molecule has 0 heterocycles. The van der Waals surface area contributed by atoms with Crippen LogP contribution in [-0.4, -0.2) is 32.3 Å². The van der Waals surface area contributed by atoms with Crippen LogP contribution < -0.4 is 10.6 Å². The molecule has 0 atom stereocenters. The van der Waals surface area contributed by atoms with E-state index in [1.54, 1.807) is 11.8 Å². The minimum atomic E-state index is 0. The van der Waals surface area contributed by atoms with Crippen LogP contribution in [0.5, 0.6) is 0 Å². The molecule has 0 radical (unpaired) electrons. The standard InChI is InChI=1S/C12H18N2OS.ClH/c1-13-8-3-9-14-12(15)10-4-6-11(16-2)7-5-10;/h4-7,13H,3,8-9H2,1-2H3,(H,14,15);1H. The summed E-state index contributed by atoms with van der Waals surface area (Å²) in [5, 5.41) is 5.93. The molecule has 2 N–H and O–H groups in total. The summed E-state index contributed by atoms with van der Waals surface area (Å²) < 4.78 is 0. The predicted octanol–water partition coefficient (Wildman–Crippen LogP) is 2.17. The first-order valence-electron chi connectivity index (χ1n) is 5.34. The van der Waals surface area contributed by atoms with E-state index in [1.165, 1.54) is 4.90 Å². The maximum atomic E-state index is 11.7. The van der Waals surface area contributed by atoms with E-state index in [-0.39, 0.29) is 18.3 Å². The SMILES string of the molecule is CNCCCNC(=O)c1ccc(SC)cc1.Cl. The highest BCUT2D eigenvalue weighted by Gasteiger charge is 2.03. The molecule has 0 fully saturated rings. The zero-order chi connectivity index (χ0) is 11.8. The Hall–Kier alpha value is -0.710. The third-order valence-corrected chi connectivity index (χ3v) is 2.98. The van der Waals surface area contributed by atoms with Crippen molar-refractivity contribution in [2.75, 3.05) is 26.4 Å². The van der Waals surface area contributed by atoms with Crippen molar-refractivity contribution >= 4 is 30.1 Å². The van der Waals surface area contributed by atoms with Gasteiger partial charge in [0.25, 0.3) is 5.91 Å². The fourth-order valence-corrected chi connectivity index (χ4v) is 1.72. The molecule has 1 rings (SSSR count). The predicted molar refractivity (Wildman–Crippen MR) is 76.3 cm³/mol. The number of nitrogens with one attached hydrogen (secondary N) is 2. The first-order chi connectivity index (χ1) is 7.77. The highest BCUT2D eigenvalue weighted by atomic mass is 35.5. The molecule has 0 spiro atoms. The number of thioether (sulfide) groups is 1. The van der Waals surface area contributed by atoms with Crippen molar-refractivity contribution in [3.8, 4) is 0 Å². The van der Waals surface area contributed by atoms with Crippen LogP contribution in [0.2, 0.25) is 0 Å². The summed E-state index contributed by atoms with van der Waals surface area (Å²) in [6, 6.07) is 7.65. The van der Waals surface area contributed by atoms with Crippen molar-refractivity contribution in [2.45, 2.75) is 11.3 Å². The number of amides is 1. The van der Waals surface area contributed by atoms with E-state index in [0.717, 1.165) is 18.5 Å². The van der Waals surface area contributed by atoms with E-state index < -0.39 is 0 Å². The van der Waals surface area contributed by atoms with E-state index in [1.807, 2.05) is 37.6 Å². The smallest absolute Gasteiger partial charge is 0.251 e. The molecule has 0 unspecified atom stereocenters. The Labute approximate surface area is 113 Å². The lowest BCUT2D eigenvalue weighted by molar-refractivity contribution is 0.0953. The normalized spacial score (nSPS) is 9.53. The zero-order valence-corrected chi connectivity index (χ0v) is 11.8. The summed E-state index contributed by atoms with van der Waals surface area (Å²) in [5.41, 5.74) is 0.724. The van der Waals surface area contributed by atoms with E-state index >= 15 is 0 Å². The minimum absolute atomic E-state index is 0. The van der Waals surface area contributed by atoms with Gasteiger partial charge in [0.05, 0.1) is 0 Å². The fraction of sp³-hybridized carbons (Fsp3) is 0.417. The van der Waals surface area contributed by atoms with E-state index in [2.05, 4.69) is 10.6 Å². The van der Waals surface area contributed by atoms with Gasteiger partial charge in [-0.3, -0.25) is 4.79 Å². The van der Waals surface area contributed by atoms with Gasteiger partial charge in [-0.05, 0) is 50.5 Å². The van der Waals surface area contributed by atoms with Crippen LogP contribution in [0.25, 0.3) is 0 Å². The Morgan fingerprint density at radius 1 is 1.24 bits per heavy atom. The maximum absolute atomic E-state index is 11.7. The van der Waals surface area contributed by atoms with Gasteiger partial charge in [0.2, 0.25) is 0 Å². The molecule has 3 nitrogen and oxygen atoms in total. The highest BCUT2D eigenvalue weighted by Crippen LogP contribution is 2.14. The molecular formula is C12H19ClN2OS. The fourth-order valence-electron chi connectivity index (χ4n) is 1.31. The van der Waals surface area contributed by atoms with Crippen molar-refractivity contribution in [1.29, 1.82) is 0 Å². The second-order valence-electron chi connectivity index (χ2n) is 3.44. The van der Waals surface area contributed by atoms with Crippen LogP contribution in [0.4, 0.5) is 0 Å². The lowest BCUT2D eigenvalue weighted by atomic mass is 10.2. The summed E-state index contributed by atoms with van der Waals surface area (Å²) in [7, 11) is 1.91. The van der Waals surface area contributed by atoms with Gasteiger partial charge in [-0.15, -0.1) is 24.2 Å². The summed E-state index contributed by atoms with van der Waals surface area (Å²) in [6.07, 6.45) is 2.97. The van der Waals surface area contributed by atoms with Gasteiger partial charge in [-0.25, -0.2) is 0 Å². The number of benzene rings is 1. The molecular weight excluding hydrogens is 256 g/mol. The van der Waals surface area contributed by atoms with E-state index in [4.69, 9.17) is 0 Å². The van der Waals surface area contributed by atoms with Gasteiger partial charge in [-0.2, -0.15) is 0 Å². The van der Waals surface area contributed by atoms with Crippen molar-refractivity contribution in [2.24, 2.45) is 0 Å². The molecule has 1 aromatic rings. The molecule has 5 heteroatoms. The van der Waals surface area contributed by atoms with Crippen LogP contribution >= 0.6 is 24.2 Å². The van der Waals surface area contributed by atoms with Crippen LogP contribution in [0.15, 0.2) is 29.2 Å². The van der Waals surface area contributed by atoms with E-state index in [9.17, 15) is 4.79 Å². The minimum Gasteiger partial charge on any atom is -0.352 e. The lowest BCUT2D eigenvalue weighted by Gasteiger charge is -2.05. The second-order valence-corrected chi connectivity index (χ2v) is 4.32. The molecule has 0 aliphatic rings. The van der Waals surface area contributed by atoms with Crippen molar-refractivity contribution in [1.82, 2.24) is 10.6 Å². The number of carbonyl (C=O) groups excluding carboxylic acids is 1. The monoisotopic (exact) mass is 274 g/mol. The third kappa shape index (κ3) is 5.96. The molecule has 0 aromatic heterocycles. The average molecular weight is 275 g/mol. The molecule has 17 heavy (non-hydrogen) atoms. The molecule has 1 aromatic carbocycles. The number of carbonyl (C=O) groups is 1. The lowest BCUT2D eigenvalue weighted by Crippen LogP contribution is -2.26. The number of hydrogen-bond donors (Lipinski definition) is 2.